The van der Waals surface area contributed by atoms with Crippen molar-refractivity contribution < 1.29 is 9.59 Å². The van der Waals surface area contributed by atoms with Gasteiger partial charge in [-0.3, -0.25) is 9.59 Å². The second kappa shape index (κ2) is 8.66. The molecule has 0 radical (unpaired) electrons. The molecule has 5 nitrogen and oxygen atoms in total. The number of benzene rings is 1. The molecule has 0 saturated heterocycles. The van der Waals surface area contributed by atoms with E-state index >= 15 is 0 Å². The molecule has 2 atom stereocenters. The van der Waals surface area contributed by atoms with Gasteiger partial charge in [-0.05, 0) is 72.4 Å². The Morgan fingerprint density at radius 2 is 1.94 bits per heavy atom. The highest BCUT2D eigenvalue weighted by Gasteiger charge is 2.29. The smallest absolute Gasteiger partial charge is 0.261 e. The number of nitrogens with zero attached hydrogens (tertiary/aromatic N) is 1. The van der Waals surface area contributed by atoms with Crippen molar-refractivity contribution in [1.82, 2.24) is 10.3 Å². The number of nitrogens with one attached hydrogen (secondary N) is 1. The number of thiophene rings is 1. The van der Waals surface area contributed by atoms with Crippen LogP contribution in [0.4, 0.5) is 0 Å². The third-order valence-electron chi connectivity index (χ3n) is 6.63. The van der Waals surface area contributed by atoms with Gasteiger partial charge in [0.05, 0.1) is 10.9 Å². The molecule has 1 unspecified atom stereocenters. The van der Waals surface area contributed by atoms with Gasteiger partial charge in [0.2, 0.25) is 5.91 Å². The van der Waals surface area contributed by atoms with Crippen molar-refractivity contribution in [2.24, 2.45) is 17.1 Å². The molecule has 3 N–H and O–H groups in total. The van der Waals surface area contributed by atoms with Crippen LogP contribution in [0.2, 0.25) is 0 Å². The summed E-state index contributed by atoms with van der Waals surface area (Å²) < 4.78 is 0. The second-order valence-corrected chi connectivity index (χ2v) is 10.9. The first-order valence-corrected chi connectivity index (χ1v) is 12.1. The number of carbonyl (C=O) groups excluding carboxylic acids is 2. The Bertz CT molecular complexity index is 1160. The van der Waals surface area contributed by atoms with Gasteiger partial charge in [0.15, 0.2) is 0 Å². The number of hydrogen-bond donors (Lipinski definition) is 2. The first kappa shape index (κ1) is 22.5. The van der Waals surface area contributed by atoms with Gasteiger partial charge >= 0.3 is 0 Å². The van der Waals surface area contributed by atoms with Crippen molar-refractivity contribution in [1.29, 1.82) is 0 Å². The molecule has 6 heteroatoms. The predicted octanol–water partition coefficient (Wildman–Crippen LogP) is 5.43. The number of fused-ring (bicyclic) bond motifs is 2. The number of rotatable bonds is 5. The number of carbonyl (C=O) groups is 2. The Hall–Kier alpha value is -2.73. The molecule has 2 aromatic heterocycles. The fraction of sp³-hybridized carbons (Fsp3) is 0.423. The van der Waals surface area contributed by atoms with Crippen molar-refractivity contribution in [3.8, 4) is 0 Å². The number of aryl methyl sites for hydroxylation is 1. The average Bonchev–Trinajstić information content (AvgIpc) is 3.17. The van der Waals surface area contributed by atoms with Crippen LogP contribution in [-0.4, -0.2) is 16.8 Å². The van der Waals surface area contributed by atoms with Gasteiger partial charge in [-0.2, -0.15) is 0 Å². The van der Waals surface area contributed by atoms with E-state index in [1.807, 2.05) is 25.1 Å². The molecule has 0 saturated carbocycles. The molecule has 2 heterocycles. The fourth-order valence-corrected chi connectivity index (χ4v) is 5.44. The highest BCUT2D eigenvalue weighted by Crippen LogP contribution is 2.38. The van der Waals surface area contributed by atoms with Gasteiger partial charge in [-0.1, -0.05) is 39.8 Å². The van der Waals surface area contributed by atoms with Gasteiger partial charge in [-0.25, -0.2) is 4.98 Å². The summed E-state index contributed by atoms with van der Waals surface area (Å²) >= 11 is 1.45. The molecule has 1 aromatic carbocycles. The van der Waals surface area contributed by atoms with E-state index in [4.69, 9.17) is 10.7 Å². The fourth-order valence-electron chi connectivity index (χ4n) is 4.50. The summed E-state index contributed by atoms with van der Waals surface area (Å²) in [4.78, 5) is 30.9. The monoisotopic (exact) mass is 449 g/mol. The summed E-state index contributed by atoms with van der Waals surface area (Å²) in [7, 11) is 0. The average molecular weight is 450 g/mol. The highest BCUT2D eigenvalue weighted by atomic mass is 32.1. The Kier molecular flexibility index (Phi) is 6.08. The number of aromatic nitrogens is 1. The molecular formula is C26H31N3O2S. The van der Waals surface area contributed by atoms with Crippen molar-refractivity contribution in [2.45, 2.75) is 59.4 Å². The number of pyridine rings is 1. The Balaban J connectivity index is 1.54. The topological polar surface area (TPSA) is 85.1 Å². The Labute approximate surface area is 193 Å². The van der Waals surface area contributed by atoms with E-state index < -0.39 is 5.91 Å². The molecule has 0 fully saturated rings. The standard InChI is InChI=1S/C26H31N3O2S/c1-5-20(15-6-8-16(9-7-15)23(27)30)28-24(31)22-14-18-12-17-13-19(26(2,3)4)10-11-21(17)29-25(18)32-22/h6-9,12,14,19-20H,5,10-11,13H2,1-4H3,(H2,27,30)(H,28,31)/t19?,20-/m1/s1. The maximum Gasteiger partial charge on any atom is 0.261 e. The maximum absolute atomic E-state index is 13.0. The van der Waals surface area contributed by atoms with Crippen molar-refractivity contribution in [2.75, 3.05) is 0 Å². The normalized spacial score (nSPS) is 17.1. The van der Waals surface area contributed by atoms with Gasteiger partial charge in [0, 0.05) is 16.6 Å². The SMILES string of the molecule is CC[C@@H](NC(=O)c1cc2cc3c(nc2s1)CCC(C(C)(C)C)C3)c1ccc(C(N)=O)cc1. The zero-order valence-electron chi connectivity index (χ0n) is 19.2. The van der Waals surface area contributed by atoms with Crippen LogP contribution in [0.25, 0.3) is 10.2 Å². The molecule has 2 amide bonds. The second-order valence-electron chi connectivity index (χ2n) is 9.83. The lowest BCUT2D eigenvalue weighted by Gasteiger charge is -2.34. The van der Waals surface area contributed by atoms with Gasteiger partial charge in [-0.15, -0.1) is 11.3 Å². The minimum atomic E-state index is -0.456. The minimum absolute atomic E-state index is 0.0932. The largest absolute Gasteiger partial charge is 0.366 e. The molecule has 4 rings (SSSR count). The molecule has 168 valence electrons. The van der Waals surface area contributed by atoms with E-state index in [-0.39, 0.29) is 17.4 Å². The third-order valence-corrected chi connectivity index (χ3v) is 7.68. The van der Waals surface area contributed by atoms with Gasteiger partial charge in [0.1, 0.15) is 4.83 Å². The van der Waals surface area contributed by atoms with Crippen LogP contribution in [0, 0.1) is 11.3 Å². The van der Waals surface area contributed by atoms with E-state index in [2.05, 4.69) is 32.2 Å². The lowest BCUT2D eigenvalue weighted by Crippen LogP contribution is -2.27. The van der Waals surface area contributed by atoms with E-state index in [9.17, 15) is 9.59 Å². The molecule has 1 aliphatic rings. The molecule has 1 aliphatic carbocycles. The first-order valence-electron chi connectivity index (χ1n) is 11.3. The molecule has 0 bridgehead atoms. The van der Waals surface area contributed by atoms with Crippen LogP contribution in [0.1, 0.15) is 83.4 Å². The van der Waals surface area contributed by atoms with Crippen LogP contribution in [0.3, 0.4) is 0 Å². The highest BCUT2D eigenvalue weighted by molar-refractivity contribution is 7.20. The van der Waals surface area contributed by atoms with Crippen molar-refractivity contribution in [3.05, 3.63) is 63.7 Å². The zero-order valence-corrected chi connectivity index (χ0v) is 20.0. The summed E-state index contributed by atoms with van der Waals surface area (Å²) in [5, 5.41) is 4.18. The Morgan fingerprint density at radius 3 is 2.56 bits per heavy atom. The quantitative estimate of drug-likeness (QED) is 0.545. The third kappa shape index (κ3) is 4.56. The number of amides is 2. The van der Waals surface area contributed by atoms with Gasteiger partial charge in [0.25, 0.3) is 5.91 Å². The van der Waals surface area contributed by atoms with E-state index in [1.54, 1.807) is 12.1 Å². The Morgan fingerprint density at radius 1 is 1.22 bits per heavy atom. The summed E-state index contributed by atoms with van der Waals surface area (Å²) in [6, 6.07) is 11.2. The summed E-state index contributed by atoms with van der Waals surface area (Å²) in [5.41, 5.74) is 9.55. The summed E-state index contributed by atoms with van der Waals surface area (Å²) in [6.07, 6.45) is 3.97. The van der Waals surface area contributed by atoms with E-state index in [0.717, 1.165) is 35.0 Å². The minimum Gasteiger partial charge on any atom is -0.366 e. The number of primary amides is 1. The molecule has 32 heavy (non-hydrogen) atoms. The van der Waals surface area contributed by atoms with Gasteiger partial charge < -0.3 is 11.1 Å². The molecule has 0 aliphatic heterocycles. The van der Waals surface area contributed by atoms with Crippen LogP contribution in [0.5, 0.6) is 0 Å². The van der Waals surface area contributed by atoms with Crippen molar-refractivity contribution in [3.63, 3.8) is 0 Å². The number of nitrogens with two attached hydrogens (primary N) is 1. The lowest BCUT2D eigenvalue weighted by molar-refractivity contribution is 0.0938. The maximum atomic E-state index is 13.0. The van der Waals surface area contributed by atoms with Crippen LogP contribution in [-0.2, 0) is 12.8 Å². The van der Waals surface area contributed by atoms with E-state index in [0.29, 0.717) is 16.4 Å². The van der Waals surface area contributed by atoms with E-state index in [1.165, 1.54) is 29.0 Å². The van der Waals surface area contributed by atoms with Crippen LogP contribution < -0.4 is 11.1 Å². The molecule has 0 spiro atoms. The number of hydrogen-bond acceptors (Lipinski definition) is 4. The molecule has 3 aromatic rings. The summed E-state index contributed by atoms with van der Waals surface area (Å²) in [5.74, 6) is 0.106. The van der Waals surface area contributed by atoms with Crippen LogP contribution >= 0.6 is 11.3 Å². The first-order chi connectivity index (χ1) is 15.2. The predicted molar refractivity (Wildman–Crippen MR) is 130 cm³/mol. The van der Waals surface area contributed by atoms with Crippen LogP contribution in [0.15, 0.2) is 36.4 Å². The molecular weight excluding hydrogens is 418 g/mol. The summed E-state index contributed by atoms with van der Waals surface area (Å²) in [6.45, 7) is 8.97. The zero-order chi connectivity index (χ0) is 23.0. The lowest BCUT2D eigenvalue weighted by atomic mass is 9.71. The van der Waals surface area contributed by atoms with Crippen molar-refractivity contribution >= 4 is 33.4 Å².